The molecule has 7 nitrogen and oxygen atoms in total. The zero-order valence-electron chi connectivity index (χ0n) is 17.2. The molecule has 32 heavy (non-hydrogen) atoms. The van der Waals surface area contributed by atoms with E-state index < -0.39 is 31.2 Å². The number of primary amides is 1. The molecule has 170 valence electrons. The van der Waals surface area contributed by atoms with Crippen LogP contribution in [0.2, 0.25) is 0 Å². The SMILES string of the molecule is NC(=O)c1ccc(S(=O)(=O)N2c3ccc(Br)cc3C3(CCS(=O)(=O)CC3)C2C2CC2)cc1. The van der Waals surface area contributed by atoms with Gasteiger partial charge in [0.25, 0.3) is 10.0 Å². The monoisotopic (exact) mass is 538 g/mol. The van der Waals surface area contributed by atoms with Gasteiger partial charge in [-0.15, -0.1) is 0 Å². The summed E-state index contributed by atoms with van der Waals surface area (Å²) in [6.07, 6.45) is 2.65. The molecule has 1 amide bonds. The standard InChI is InChI=1S/C22H23BrN2O5S2/c23-16-5-8-19-18(13-16)22(9-11-31(27,28)12-10-22)20(14-1-2-14)25(19)32(29,30)17-6-3-15(4-7-17)21(24)26/h3-8,13-14,20H,1-2,9-12H2,(H2,24,26). The molecule has 2 aliphatic heterocycles. The molecule has 1 spiro atoms. The smallest absolute Gasteiger partial charge is 0.264 e. The molecule has 0 bridgehead atoms. The highest BCUT2D eigenvalue weighted by Crippen LogP contribution is 2.59. The van der Waals surface area contributed by atoms with Crippen LogP contribution in [-0.2, 0) is 25.3 Å². The van der Waals surface area contributed by atoms with E-state index >= 15 is 0 Å². The van der Waals surface area contributed by atoms with E-state index in [0.717, 1.165) is 22.9 Å². The predicted octanol–water partition coefficient (Wildman–Crippen LogP) is 2.98. The highest BCUT2D eigenvalue weighted by atomic mass is 79.9. The van der Waals surface area contributed by atoms with E-state index in [2.05, 4.69) is 15.9 Å². The van der Waals surface area contributed by atoms with Crippen molar-refractivity contribution in [1.82, 2.24) is 0 Å². The second-order valence-corrected chi connectivity index (χ2v) is 14.0. The molecule has 1 atom stereocenters. The number of halogens is 1. The van der Waals surface area contributed by atoms with E-state index in [1.807, 2.05) is 18.2 Å². The largest absolute Gasteiger partial charge is 0.366 e. The molecule has 1 saturated carbocycles. The second kappa shape index (κ2) is 7.30. The van der Waals surface area contributed by atoms with E-state index in [4.69, 9.17) is 5.73 Å². The number of benzene rings is 2. The van der Waals surface area contributed by atoms with Crippen molar-refractivity contribution in [3.05, 3.63) is 58.1 Å². The third-order valence-corrected chi connectivity index (χ3v) is 11.0. The third-order valence-electron chi connectivity index (χ3n) is 7.03. The number of hydrogen-bond donors (Lipinski definition) is 1. The van der Waals surface area contributed by atoms with Gasteiger partial charge in [-0.25, -0.2) is 16.8 Å². The van der Waals surface area contributed by atoms with Gasteiger partial charge in [-0.1, -0.05) is 15.9 Å². The number of nitrogens with two attached hydrogens (primary N) is 1. The number of carbonyl (C=O) groups is 1. The second-order valence-electron chi connectivity index (χ2n) is 8.94. The fraction of sp³-hybridized carbons (Fsp3) is 0.409. The number of carbonyl (C=O) groups excluding carboxylic acids is 1. The van der Waals surface area contributed by atoms with Gasteiger partial charge in [0.05, 0.1) is 28.1 Å². The summed E-state index contributed by atoms with van der Waals surface area (Å²) in [5.74, 6) is -0.322. The minimum atomic E-state index is -3.95. The molecule has 2 heterocycles. The Morgan fingerprint density at radius 1 is 1.06 bits per heavy atom. The summed E-state index contributed by atoms with van der Waals surface area (Å²) in [5.41, 5.74) is 6.52. The van der Waals surface area contributed by atoms with Gasteiger partial charge in [0.1, 0.15) is 9.84 Å². The topological polar surface area (TPSA) is 115 Å². The highest BCUT2D eigenvalue weighted by Gasteiger charge is 2.60. The summed E-state index contributed by atoms with van der Waals surface area (Å²) >= 11 is 3.52. The Labute approximate surface area is 196 Å². The van der Waals surface area contributed by atoms with Crippen LogP contribution in [0, 0.1) is 5.92 Å². The van der Waals surface area contributed by atoms with Gasteiger partial charge >= 0.3 is 0 Å². The van der Waals surface area contributed by atoms with Crippen LogP contribution in [0.5, 0.6) is 0 Å². The lowest BCUT2D eigenvalue weighted by Crippen LogP contribution is -2.52. The summed E-state index contributed by atoms with van der Waals surface area (Å²) in [6.45, 7) is 0. The average Bonchev–Trinajstić information content (AvgIpc) is 3.54. The molecule has 3 aliphatic rings. The summed E-state index contributed by atoms with van der Waals surface area (Å²) in [5, 5.41) is 0. The molecule has 2 fully saturated rings. The Morgan fingerprint density at radius 3 is 2.25 bits per heavy atom. The van der Waals surface area contributed by atoms with E-state index in [-0.39, 0.29) is 33.9 Å². The quantitative estimate of drug-likeness (QED) is 0.642. The lowest BCUT2D eigenvalue weighted by molar-refractivity contribution is 0.1000. The Balaban J connectivity index is 1.67. The van der Waals surface area contributed by atoms with Crippen molar-refractivity contribution in [2.75, 3.05) is 15.8 Å². The molecule has 1 unspecified atom stereocenters. The summed E-state index contributed by atoms with van der Waals surface area (Å²) in [4.78, 5) is 11.5. The summed E-state index contributed by atoms with van der Waals surface area (Å²) in [7, 11) is -7.08. The fourth-order valence-electron chi connectivity index (χ4n) is 5.34. The zero-order chi connectivity index (χ0) is 22.9. The molecule has 5 rings (SSSR count). The zero-order valence-corrected chi connectivity index (χ0v) is 20.4. The van der Waals surface area contributed by atoms with Crippen LogP contribution in [0.4, 0.5) is 5.69 Å². The van der Waals surface area contributed by atoms with E-state index in [1.54, 1.807) is 0 Å². The molecule has 0 aromatic heterocycles. The van der Waals surface area contributed by atoms with Crippen LogP contribution in [0.1, 0.15) is 41.6 Å². The minimum absolute atomic E-state index is 0.0589. The maximum atomic E-state index is 13.9. The van der Waals surface area contributed by atoms with Gasteiger partial charge in [0.15, 0.2) is 0 Å². The fourth-order valence-corrected chi connectivity index (χ4v) is 9.05. The van der Waals surface area contributed by atoms with Gasteiger partial charge in [-0.05, 0) is 79.6 Å². The lowest BCUT2D eigenvalue weighted by atomic mass is 9.70. The first-order valence-corrected chi connectivity index (χ1v) is 14.6. The first kappa shape index (κ1) is 21.9. The van der Waals surface area contributed by atoms with Gasteiger partial charge in [0, 0.05) is 15.5 Å². The van der Waals surface area contributed by atoms with Crippen LogP contribution in [0.15, 0.2) is 51.8 Å². The van der Waals surface area contributed by atoms with Gasteiger partial charge < -0.3 is 5.73 Å². The number of sulfone groups is 1. The van der Waals surface area contributed by atoms with Crippen LogP contribution in [0.25, 0.3) is 0 Å². The number of amides is 1. The van der Waals surface area contributed by atoms with Crippen LogP contribution in [-0.4, -0.2) is 40.3 Å². The Morgan fingerprint density at radius 2 is 1.69 bits per heavy atom. The average molecular weight is 539 g/mol. The number of rotatable bonds is 4. The lowest BCUT2D eigenvalue weighted by Gasteiger charge is -2.41. The van der Waals surface area contributed by atoms with Crippen molar-refractivity contribution in [3.8, 4) is 0 Å². The molecule has 1 aliphatic carbocycles. The number of sulfonamides is 1. The van der Waals surface area contributed by atoms with Crippen LogP contribution < -0.4 is 10.0 Å². The maximum absolute atomic E-state index is 13.9. The van der Waals surface area contributed by atoms with Crippen molar-refractivity contribution in [2.45, 2.75) is 42.0 Å². The van der Waals surface area contributed by atoms with Crippen molar-refractivity contribution < 1.29 is 21.6 Å². The van der Waals surface area contributed by atoms with Crippen molar-refractivity contribution in [3.63, 3.8) is 0 Å². The molecule has 10 heteroatoms. The Bertz CT molecular complexity index is 1300. The highest BCUT2D eigenvalue weighted by molar-refractivity contribution is 9.10. The number of fused-ring (bicyclic) bond motifs is 2. The van der Waals surface area contributed by atoms with E-state index in [1.165, 1.54) is 28.6 Å². The molecule has 2 N–H and O–H groups in total. The van der Waals surface area contributed by atoms with Gasteiger partial charge in [-0.3, -0.25) is 9.10 Å². The van der Waals surface area contributed by atoms with Gasteiger partial charge in [0.2, 0.25) is 5.91 Å². The van der Waals surface area contributed by atoms with Crippen LogP contribution in [0.3, 0.4) is 0 Å². The molecule has 1 saturated heterocycles. The first-order valence-electron chi connectivity index (χ1n) is 10.5. The van der Waals surface area contributed by atoms with Crippen molar-refractivity contribution in [1.29, 1.82) is 0 Å². The summed E-state index contributed by atoms with van der Waals surface area (Å²) < 4.78 is 54.8. The normalized spacial score (nSPS) is 23.8. The molecular formula is C22H23BrN2O5S2. The number of anilines is 1. The predicted molar refractivity (Wildman–Crippen MR) is 125 cm³/mol. The van der Waals surface area contributed by atoms with Crippen molar-refractivity contribution in [2.24, 2.45) is 11.7 Å². The van der Waals surface area contributed by atoms with Crippen LogP contribution >= 0.6 is 15.9 Å². The summed E-state index contributed by atoms with van der Waals surface area (Å²) in [6, 6.07) is 10.9. The number of nitrogens with zero attached hydrogens (tertiary/aromatic N) is 1. The van der Waals surface area contributed by atoms with E-state index in [9.17, 15) is 21.6 Å². The molecular weight excluding hydrogens is 516 g/mol. The molecule has 0 radical (unpaired) electrons. The Hall–Kier alpha value is -1.91. The molecule has 2 aromatic rings. The molecule has 2 aromatic carbocycles. The first-order chi connectivity index (χ1) is 15.1. The van der Waals surface area contributed by atoms with Crippen molar-refractivity contribution >= 4 is 47.4 Å². The Kier molecular flexibility index (Phi) is 5.00. The minimum Gasteiger partial charge on any atom is -0.366 e. The van der Waals surface area contributed by atoms with E-state index in [0.29, 0.717) is 18.5 Å². The third kappa shape index (κ3) is 3.38. The maximum Gasteiger partial charge on any atom is 0.264 e. The van der Waals surface area contributed by atoms with Gasteiger partial charge in [-0.2, -0.15) is 0 Å². The number of hydrogen-bond acceptors (Lipinski definition) is 5.